The molecular formula is C70H108O6. The normalized spacial score (nSPS) is 13.4. The van der Waals surface area contributed by atoms with E-state index in [-0.39, 0.29) is 31.6 Å². The quantitative estimate of drug-likeness (QED) is 0.0261. The lowest BCUT2D eigenvalue weighted by Gasteiger charge is -2.18. The third-order valence-electron chi connectivity index (χ3n) is 12.0. The van der Waals surface area contributed by atoms with Crippen LogP contribution in [0.4, 0.5) is 0 Å². The summed E-state index contributed by atoms with van der Waals surface area (Å²) in [4.78, 5) is 38.1. The van der Waals surface area contributed by atoms with E-state index >= 15 is 0 Å². The van der Waals surface area contributed by atoms with E-state index in [0.29, 0.717) is 19.3 Å². The SMILES string of the molecule is CC/C=C\C/C=C\C/C=C\C/C=C\C/C=C\C/C=C\C/C=C\C/C=C\CCCCCCC(=O)OCC(COC(=O)CCCCCCC/C=C\CCCCCCC)OC(=O)C/C=C\C/C=C\C/C=C\C/C=C\C/C=C\CC. The molecule has 6 heteroatoms. The predicted octanol–water partition coefficient (Wildman–Crippen LogP) is 20.7. The molecule has 6 nitrogen and oxygen atoms in total. The smallest absolute Gasteiger partial charge is 0.310 e. The molecule has 0 fully saturated rings. The zero-order chi connectivity index (χ0) is 55.0. The number of rotatable bonds is 52. The molecule has 0 amide bonds. The van der Waals surface area contributed by atoms with E-state index in [1.54, 1.807) is 6.08 Å². The fraction of sp³-hybridized carbons (Fsp3) is 0.557. The van der Waals surface area contributed by atoms with Gasteiger partial charge in [-0.2, -0.15) is 0 Å². The second-order valence-electron chi connectivity index (χ2n) is 19.2. The van der Waals surface area contributed by atoms with Gasteiger partial charge in [0.1, 0.15) is 13.2 Å². The highest BCUT2D eigenvalue weighted by molar-refractivity contribution is 5.72. The largest absolute Gasteiger partial charge is 0.462 e. The van der Waals surface area contributed by atoms with Gasteiger partial charge in [-0.3, -0.25) is 14.4 Å². The van der Waals surface area contributed by atoms with Gasteiger partial charge in [-0.15, -0.1) is 0 Å². The van der Waals surface area contributed by atoms with E-state index in [0.717, 1.165) is 141 Å². The summed E-state index contributed by atoms with van der Waals surface area (Å²) in [6.07, 6.45) is 92.3. The van der Waals surface area contributed by atoms with Crippen molar-refractivity contribution in [3.8, 4) is 0 Å². The lowest BCUT2D eigenvalue weighted by atomic mass is 10.1. The highest BCUT2D eigenvalue weighted by Gasteiger charge is 2.19. The van der Waals surface area contributed by atoms with Crippen molar-refractivity contribution in [1.82, 2.24) is 0 Å². The van der Waals surface area contributed by atoms with Crippen molar-refractivity contribution in [2.75, 3.05) is 13.2 Å². The van der Waals surface area contributed by atoms with Gasteiger partial charge in [0.05, 0.1) is 6.42 Å². The Bertz CT molecular complexity index is 1770. The lowest BCUT2D eigenvalue weighted by molar-refractivity contribution is -0.166. The van der Waals surface area contributed by atoms with Crippen LogP contribution in [0.2, 0.25) is 0 Å². The molecule has 0 aliphatic rings. The molecule has 76 heavy (non-hydrogen) atoms. The Balaban J connectivity index is 4.49. The van der Waals surface area contributed by atoms with Crippen molar-refractivity contribution >= 4 is 17.9 Å². The first-order valence-corrected chi connectivity index (χ1v) is 30.1. The van der Waals surface area contributed by atoms with Crippen molar-refractivity contribution in [1.29, 1.82) is 0 Å². The van der Waals surface area contributed by atoms with E-state index in [1.807, 2.05) is 6.08 Å². The number of unbranched alkanes of at least 4 members (excludes halogenated alkanes) is 14. The van der Waals surface area contributed by atoms with Gasteiger partial charge in [0, 0.05) is 12.8 Å². The first-order chi connectivity index (χ1) is 37.5. The molecule has 0 spiro atoms. The fourth-order valence-corrected chi connectivity index (χ4v) is 7.53. The Morgan fingerprint density at radius 1 is 0.289 bits per heavy atom. The van der Waals surface area contributed by atoms with Crippen molar-refractivity contribution in [3.05, 3.63) is 170 Å². The lowest BCUT2D eigenvalue weighted by Crippen LogP contribution is -2.30. The van der Waals surface area contributed by atoms with Crippen LogP contribution in [0.25, 0.3) is 0 Å². The molecule has 0 radical (unpaired) electrons. The van der Waals surface area contributed by atoms with E-state index < -0.39 is 12.1 Å². The highest BCUT2D eigenvalue weighted by atomic mass is 16.6. The number of allylic oxidation sites excluding steroid dienone is 27. The minimum absolute atomic E-state index is 0.0811. The van der Waals surface area contributed by atoms with Gasteiger partial charge in [-0.1, -0.05) is 249 Å². The van der Waals surface area contributed by atoms with Crippen LogP contribution in [0.5, 0.6) is 0 Å². The van der Waals surface area contributed by atoms with Gasteiger partial charge in [0.25, 0.3) is 0 Å². The average Bonchev–Trinajstić information content (AvgIpc) is 3.42. The molecule has 1 unspecified atom stereocenters. The topological polar surface area (TPSA) is 78.9 Å². The van der Waals surface area contributed by atoms with Crippen LogP contribution in [0, 0.1) is 0 Å². The molecule has 1 atom stereocenters. The molecule has 0 aromatic carbocycles. The summed E-state index contributed by atoms with van der Waals surface area (Å²) in [5, 5.41) is 0. The molecule has 0 N–H and O–H groups in total. The van der Waals surface area contributed by atoms with Gasteiger partial charge < -0.3 is 14.2 Å². The van der Waals surface area contributed by atoms with Crippen LogP contribution in [-0.4, -0.2) is 37.2 Å². The Kier molecular flexibility index (Phi) is 58.0. The maximum Gasteiger partial charge on any atom is 0.310 e. The molecular weight excluding hydrogens is 937 g/mol. The van der Waals surface area contributed by atoms with Gasteiger partial charge in [-0.25, -0.2) is 0 Å². The summed E-state index contributed by atoms with van der Waals surface area (Å²) in [5.74, 6) is -1.11. The molecule has 0 aliphatic carbocycles. The second-order valence-corrected chi connectivity index (χ2v) is 19.2. The van der Waals surface area contributed by atoms with E-state index in [1.165, 1.54) is 44.9 Å². The van der Waals surface area contributed by atoms with Crippen LogP contribution >= 0.6 is 0 Å². The summed E-state index contributed by atoms with van der Waals surface area (Å²) in [5.41, 5.74) is 0. The predicted molar refractivity (Wildman–Crippen MR) is 329 cm³/mol. The van der Waals surface area contributed by atoms with E-state index in [2.05, 4.69) is 179 Å². The number of hydrogen-bond acceptors (Lipinski definition) is 6. The summed E-state index contributed by atoms with van der Waals surface area (Å²) in [6.45, 7) is 6.27. The summed E-state index contributed by atoms with van der Waals surface area (Å²) >= 11 is 0. The first kappa shape index (κ1) is 70.8. The zero-order valence-electron chi connectivity index (χ0n) is 48.4. The maximum absolute atomic E-state index is 12.8. The number of carbonyl (C=O) groups excluding carboxylic acids is 3. The van der Waals surface area contributed by atoms with Gasteiger partial charge in [0.15, 0.2) is 6.10 Å². The molecule has 0 rings (SSSR count). The minimum atomic E-state index is -0.856. The van der Waals surface area contributed by atoms with Gasteiger partial charge >= 0.3 is 17.9 Å². The summed E-state index contributed by atoms with van der Waals surface area (Å²) < 4.78 is 16.7. The van der Waals surface area contributed by atoms with Crippen LogP contribution in [0.3, 0.4) is 0 Å². The van der Waals surface area contributed by atoms with Crippen molar-refractivity contribution in [2.45, 2.75) is 239 Å². The van der Waals surface area contributed by atoms with Crippen LogP contribution in [0.15, 0.2) is 170 Å². The molecule has 0 saturated carbocycles. The van der Waals surface area contributed by atoms with Crippen LogP contribution in [-0.2, 0) is 28.6 Å². The number of hydrogen-bond donors (Lipinski definition) is 0. The van der Waals surface area contributed by atoms with Crippen molar-refractivity contribution in [2.24, 2.45) is 0 Å². The highest BCUT2D eigenvalue weighted by Crippen LogP contribution is 2.12. The number of ether oxygens (including phenoxy) is 3. The monoisotopic (exact) mass is 1040 g/mol. The standard InChI is InChI=1S/C70H108O6/c1-4-7-10-13-16-19-22-25-28-29-30-31-32-33-34-35-36-37-38-39-40-41-43-45-48-51-54-57-60-63-69(72)75-66-67(65-74-68(71)62-59-56-53-50-47-44-27-24-21-18-15-12-9-6-3)76-70(73)64-61-58-55-52-49-46-42-26-23-20-17-14-11-8-5-2/h7-8,10-11,16-17,19-20,24-28,30-31,33-34,36-37,39-40,42-43,45,49,52,58,61,67H,4-6,9,12-15,18,21-23,29,32,35,38,41,44,46-48,50-51,53-57,59-60,62-66H2,1-3H3/b10-7-,11-8-,19-16-,20-17-,27-24-,28-25-,31-30-,34-33-,37-36-,40-39-,42-26-,45-43-,52-49-,61-58-. The average molecular weight is 1050 g/mol. The van der Waals surface area contributed by atoms with Crippen LogP contribution < -0.4 is 0 Å². The molecule has 0 heterocycles. The van der Waals surface area contributed by atoms with E-state index in [4.69, 9.17) is 14.2 Å². The molecule has 0 saturated heterocycles. The number of esters is 3. The maximum atomic E-state index is 12.8. The molecule has 0 aromatic rings. The van der Waals surface area contributed by atoms with E-state index in [9.17, 15) is 14.4 Å². The van der Waals surface area contributed by atoms with Gasteiger partial charge in [0.2, 0.25) is 0 Å². The number of carbonyl (C=O) groups is 3. The zero-order valence-corrected chi connectivity index (χ0v) is 48.4. The second kappa shape index (κ2) is 62.3. The molecule has 424 valence electrons. The fourth-order valence-electron chi connectivity index (χ4n) is 7.53. The molecule has 0 aromatic heterocycles. The Morgan fingerprint density at radius 2 is 0.553 bits per heavy atom. The van der Waals surface area contributed by atoms with Crippen molar-refractivity contribution < 1.29 is 28.6 Å². The molecule has 0 aliphatic heterocycles. The first-order valence-electron chi connectivity index (χ1n) is 30.1. The summed E-state index contributed by atoms with van der Waals surface area (Å²) in [6, 6.07) is 0. The van der Waals surface area contributed by atoms with Crippen LogP contribution in [0.1, 0.15) is 233 Å². The Hall–Kier alpha value is -5.23. The van der Waals surface area contributed by atoms with Gasteiger partial charge in [-0.05, 0) is 135 Å². The third-order valence-corrected chi connectivity index (χ3v) is 12.0. The van der Waals surface area contributed by atoms with Crippen molar-refractivity contribution in [3.63, 3.8) is 0 Å². The third kappa shape index (κ3) is 59.6. The minimum Gasteiger partial charge on any atom is -0.462 e. The molecule has 0 bridgehead atoms. The Morgan fingerprint density at radius 3 is 0.882 bits per heavy atom. The summed E-state index contributed by atoms with van der Waals surface area (Å²) in [7, 11) is 0. The Labute approximate surface area is 466 Å².